The third-order valence-corrected chi connectivity index (χ3v) is 5.30. The van der Waals surface area contributed by atoms with Gasteiger partial charge in [-0.3, -0.25) is 4.79 Å². The van der Waals surface area contributed by atoms with E-state index in [1.165, 1.54) is 5.56 Å². The lowest BCUT2D eigenvalue weighted by atomic mass is 10.2. The SMILES string of the molecule is CCNC(=NCC(=O)N1CCc2ccccc21)N1CCN(c2ncccn2)CC1. The number of guanidine groups is 1. The summed E-state index contributed by atoms with van der Waals surface area (Å²) >= 11 is 0. The average molecular weight is 393 g/mol. The Bertz CT molecular complexity index is 862. The van der Waals surface area contributed by atoms with Crippen LogP contribution in [0, 0.1) is 0 Å². The van der Waals surface area contributed by atoms with Gasteiger partial charge in [0.1, 0.15) is 6.54 Å². The Hall–Kier alpha value is -3.16. The summed E-state index contributed by atoms with van der Waals surface area (Å²) in [5.74, 6) is 1.60. The third-order valence-electron chi connectivity index (χ3n) is 5.30. The summed E-state index contributed by atoms with van der Waals surface area (Å²) in [6.45, 7) is 6.96. The van der Waals surface area contributed by atoms with Crippen LogP contribution in [0.1, 0.15) is 12.5 Å². The highest BCUT2D eigenvalue weighted by Gasteiger charge is 2.25. The predicted octanol–water partition coefficient (Wildman–Crippen LogP) is 1.15. The fraction of sp³-hybridized carbons (Fsp3) is 0.429. The Morgan fingerprint density at radius 3 is 2.59 bits per heavy atom. The van der Waals surface area contributed by atoms with E-state index in [1.54, 1.807) is 12.4 Å². The Morgan fingerprint density at radius 2 is 1.83 bits per heavy atom. The molecule has 0 unspecified atom stereocenters. The summed E-state index contributed by atoms with van der Waals surface area (Å²) in [5, 5.41) is 3.33. The molecule has 1 saturated heterocycles. The van der Waals surface area contributed by atoms with Crippen LogP contribution in [0.5, 0.6) is 0 Å². The van der Waals surface area contributed by atoms with Crippen LogP contribution in [0.25, 0.3) is 0 Å². The number of fused-ring (bicyclic) bond motifs is 1. The molecule has 1 N–H and O–H groups in total. The maximum atomic E-state index is 12.8. The number of piperazine rings is 1. The zero-order valence-electron chi connectivity index (χ0n) is 16.8. The maximum Gasteiger partial charge on any atom is 0.248 e. The standard InChI is InChI=1S/C21H27N7O/c1-2-22-20(26-12-14-27(15-13-26)21-23-9-5-10-24-21)25-16-19(29)28-11-8-17-6-3-4-7-18(17)28/h3-7,9-10H,2,8,11-16H2,1H3,(H,22,25). The highest BCUT2D eigenvalue weighted by atomic mass is 16.2. The molecule has 2 aliphatic rings. The normalized spacial score (nSPS) is 16.7. The van der Waals surface area contributed by atoms with Crippen LogP contribution in [-0.4, -0.2) is 72.5 Å². The highest BCUT2D eigenvalue weighted by molar-refractivity contribution is 5.98. The quantitative estimate of drug-likeness (QED) is 0.620. The van der Waals surface area contributed by atoms with Gasteiger partial charge in [-0.25, -0.2) is 15.0 Å². The van der Waals surface area contributed by atoms with Crippen molar-refractivity contribution in [2.75, 3.05) is 55.6 Å². The second-order valence-corrected chi connectivity index (χ2v) is 7.12. The van der Waals surface area contributed by atoms with Crippen LogP contribution in [0.2, 0.25) is 0 Å². The van der Waals surface area contributed by atoms with Crippen LogP contribution < -0.4 is 15.1 Å². The molecule has 0 atom stereocenters. The van der Waals surface area contributed by atoms with Gasteiger partial charge in [0.2, 0.25) is 11.9 Å². The molecule has 0 aliphatic carbocycles. The van der Waals surface area contributed by atoms with Crippen LogP contribution in [0.4, 0.5) is 11.6 Å². The van der Waals surface area contributed by atoms with E-state index in [2.05, 4.69) is 36.1 Å². The monoisotopic (exact) mass is 393 g/mol. The summed E-state index contributed by atoms with van der Waals surface area (Å²) < 4.78 is 0. The molecular weight excluding hydrogens is 366 g/mol. The van der Waals surface area contributed by atoms with Gasteiger partial charge in [-0.2, -0.15) is 0 Å². The van der Waals surface area contributed by atoms with Gasteiger partial charge in [-0.05, 0) is 31.0 Å². The van der Waals surface area contributed by atoms with Crippen LogP contribution in [-0.2, 0) is 11.2 Å². The number of aliphatic imine (C=N–C) groups is 1. The van der Waals surface area contributed by atoms with E-state index < -0.39 is 0 Å². The number of benzene rings is 1. The maximum absolute atomic E-state index is 12.8. The highest BCUT2D eigenvalue weighted by Crippen LogP contribution is 2.27. The Kier molecular flexibility index (Phi) is 5.88. The number of amides is 1. The molecule has 0 bridgehead atoms. The van der Waals surface area contributed by atoms with Crippen molar-refractivity contribution in [2.45, 2.75) is 13.3 Å². The molecule has 2 aliphatic heterocycles. The second-order valence-electron chi connectivity index (χ2n) is 7.12. The molecule has 1 fully saturated rings. The van der Waals surface area contributed by atoms with Gasteiger partial charge in [0.15, 0.2) is 5.96 Å². The van der Waals surface area contributed by atoms with Gasteiger partial charge in [0, 0.05) is 57.3 Å². The molecule has 152 valence electrons. The topological polar surface area (TPSA) is 77.0 Å². The molecule has 4 rings (SSSR count). The second kappa shape index (κ2) is 8.89. The number of rotatable bonds is 4. The lowest BCUT2D eigenvalue weighted by Crippen LogP contribution is -2.53. The lowest BCUT2D eigenvalue weighted by Gasteiger charge is -2.36. The Labute approximate surface area is 171 Å². The van der Waals surface area contributed by atoms with E-state index >= 15 is 0 Å². The number of hydrogen-bond acceptors (Lipinski definition) is 5. The molecule has 0 saturated carbocycles. The van der Waals surface area contributed by atoms with E-state index in [9.17, 15) is 4.79 Å². The van der Waals surface area contributed by atoms with Crippen molar-refractivity contribution < 1.29 is 4.79 Å². The van der Waals surface area contributed by atoms with Crippen molar-refractivity contribution in [3.05, 3.63) is 48.3 Å². The van der Waals surface area contributed by atoms with Crippen molar-refractivity contribution in [2.24, 2.45) is 4.99 Å². The summed E-state index contributed by atoms with van der Waals surface area (Å²) in [6.07, 6.45) is 4.44. The number of para-hydroxylation sites is 1. The zero-order valence-corrected chi connectivity index (χ0v) is 16.8. The van der Waals surface area contributed by atoms with Gasteiger partial charge in [-0.1, -0.05) is 18.2 Å². The van der Waals surface area contributed by atoms with Crippen molar-refractivity contribution in [3.8, 4) is 0 Å². The van der Waals surface area contributed by atoms with Crippen molar-refractivity contribution >= 4 is 23.5 Å². The largest absolute Gasteiger partial charge is 0.357 e. The fourth-order valence-corrected chi connectivity index (χ4v) is 3.82. The van der Waals surface area contributed by atoms with Gasteiger partial charge >= 0.3 is 0 Å². The Morgan fingerprint density at radius 1 is 1.07 bits per heavy atom. The van der Waals surface area contributed by atoms with Crippen LogP contribution in [0.3, 0.4) is 0 Å². The number of aromatic nitrogens is 2. The summed E-state index contributed by atoms with van der Waals surface area (Å²) in [6, 6.07) is 9.93. The predicted molar refractivity (Wildman–Crippen MR) is 114 cm³/mol. The van der Waals surface area contributed by atoms with Gasteiger partial charge < -0.3 is 20.0 Å². The zero-order chi connectivity index (χ0) is 20.1. The summed E-state index contributed by atoms with van der Waals surface area (Å²) in [7, 11) is 0. The fourth-order valence-electron chi connectivity index (χ4n) is 3.82. The average Bonchev–Trinajstić information content (AvgIpc) is 3.21. The van der Waals surface area contributed by atoms with Gasteiger partial charge in [0.25, 0.3) is 0 Å². The molecule has 0 spiro atoms. The van der Waals surface area contributed by atoms with Crippen LogP contribution in [0.15, 0.2) is 47.7 Å². The van der Waals surface area contributed by atoms with Crippen LogP contribution >= 0.6 is 0 Å². The van der Waals surface area contributed by atoms with E-state index in [4.69, 9.17) is 0 Å². The Balaban J connectivity index is 1.38. The molecule has 0 radical (unpaired) electrons. The first-order chi connectivity index (χ1) is 14.3. The molecule has 1 amide bonds. The number of nitrogens with one attached hydrogen (secondary N) is 1. The molecule has 8 nitrogen and oxygen atoms in total. The molecule has 8 heteroatoms. The molecule has 3 heterocycles. The molecular formula is C21H27N7O. The van der Waals surface area contributed by atoms with E-state index in [1.807, 2.05) is 36.1 Å². The minimum atomic E-state index is 0.0432. The first kappa shape index (κ1) is 19.2. The molecule has 1 aromatic carbocycles. The van der Waals surface area contributed by atoms with Crippen molar-refractivity contribution in [1.29, 1.82) is 0 Å². The first-order valence-corrected chi connectivity index (χ1v) is 10.2. The van der Waals surface area contributed by atoms with Gasteiger partial charge in [-0.15, -0.1) is 0 Å². The number of carbonyl (C=O) groups is 1. The van der Waals surface area contributed by atoms with Crippen molar-refractivity contribution in [1.82, 2.24) is 20.2 Å². The van der Waals surface area contributed by atoms with E-state index in [0.29, 0.717) is 0 Å². The minimum Gasteiger partial charge on any atom is -0.357 e. The minimum absolute atomic E-state index is 0.0432. The molecule has 2 aromatic rings. The number of anilines is 2. The lowest BCUT2D eigenvalue weighted by molar-refractivity contribution is -0.117. The molecule has 1 aromatic heterocycles. The summed E-state index contributed by atoms with van der Waals surface area (Å²) in [5.41, 5.74) is 2.25. The van der Waals surface area contributed by atoms with E-state index in [-0.39, 0.29) is 12.5 Å². The molecule has 29 heavy (non-hydrogen) atoms. The summed E-state index contributed by atoms with van der Waals surface area (Å²) in [4.78, 5) is 32.3. The number of carbonyl (C=O) groups excluding carboxylic acids is 1. The van der Waals surface area contributed by atoms with Crippen molar-refractivity contribution in [3.63, 3.8) is 0 Å². The smallest absolute Gasteiger partial charge is 0.248 e. The number of nitrogens with zero attached hydrogens (tertiary/aromatic N) is 6. The third kappa shape index (κ3) is 4.31. The first-order valence-electron chi connectivity index (χ1n) is 10.2. The number of hydrogen-bond donors (Lipinski definition) is 1. The van der Waals surface area contributed by atoms with Gasteiger partial charge in [0.05, 0.1) is 0 Å². The van der Waals surface area contributed by atoms with E-state index in [0.717, 1.165) is 63.3 Å².